The van der Waals surface area contributed by atoms with Crippen LogP contribution in [0.3, 0.4) is 0 Å². The second-order valence-corrected chi connectivity index (χ2v) is 23.0. The number of benzene rings is 2. The molecule has 3 saturated heterocycles. The fourth-order valence-electron chi connectivity index (χ4n) is 11.1. The monoisotopic (exact) mass is 1240 g/mol. The van der Waals surface area contributed by atoms with Gasteiger partial charge in [0.05, 0.1) is 6.42 Å². The average Bonchev–Trinajstić information content (AvgIpc) is 4.40. The van der Waals surface area contributed by atoms with E-state index in [9.17, 15) is 47.9 Å². The average molecular weight is 1240 g/mol. The topological polar surface area (TPSA) is 434 Å². The third kappa shape index (κ3) is 21.9. The lowest BCUT2D eigenvalue weighted by atomic mass is 10.0. The Morgan fingerprint density at radius 1 is 0.742 bits per heavy atom. The van der Waals surface area contributed by atoms with Gasteiger partial charge in [-0.2, -0.15) is 0 Å². The summed E-state index contributed by atoms with van der Waals surface area (Å²) >= 11 is 0. The third-order valence-electron chi connectivity index (χ3n) is 15.6. The lowest BCUT2D eigenvalue weighted by Crippen LogP contribution is -2.61. The highest BCUT2D eigenvalue weighted by molar-refractivity contribution is 6.00. The highest BCUT2D eigenvalue weighted by Gasteiger charge is 2.43. The molecule has 89 heavy (non-hydrogen) atoms. The molecule has 0 aliphatic carbocycles. The van der Waals surface area contributed by atoms with Gasteiger partial charge in [-0.15, -0.1) is 0 Å². The number of unbranched alkanes of at least 4 members (excludes halogenated alkanes) is 1. The van der Waals surface area contributed by atoms with Crippen molar-refractivity contribution in [1.29, 1.82) is 0 Å². The number of aromatic nitrogens is 1. The van der Waals surface area contributed by atoms with Crippen molar-refractivity contribution in [3.63, 3.8) is 0 Å². The number of primary amides is 1. The van der Waals surface area contributed by atoms with Gasteiger partial charge in [0.15, 0.2) is 5.96 Å². The van der Waals surface area contributed by atoms with Crippen LogP contribution in [0.25, 0.3) is 10.9 Å². The Kier molecular flexibility index (Phi) is 27.8. The van der Waals surface area contributed by atoms with Gasteiger partial charge < -0.3 is 79.6 Å². The minimum Gasteiger partial charge on any atom is -0.481 e. The summed E-state index contributed by atoms with van der Waals surface area (Å²) in [6.45, 7) is 7.93. The van der Waals surface area contributed by atoms with Gasteiger partial charge in [0, 0.05) is 70.0 Å². The summed E-state index contributed by atoms with van der Waals surface area (Å²) in [5.41, 5.74) is 18.9. The predicted molar refractivity (Wildman–Crippen MR) is 329 cm³/mol. The molecule has 28 nitrogen and oxygen atoms in total. The number of carboxylic acids is 1. The second-order valence-electron chi connectivity index (χ2n) is 23.0. The van der Waals surface area contributed by atoms with Gasteiger partial charge in [0.1, 0.15) is 54.4 Å². The number of aliphatic carboxylic acids is 1. The van der Waals surface area contributed by atoms with Crippen molar-refractivity contribution in [3.8, 4) is 0 Å². The maximum absolute atomic E-state index is 15.1. The van der Waals surface area contributed by atoms with Gasteiger partial charge >= 0.3 is 0 Å². The van der Waals surface area contributed by atoms with Crippen molar-refractivity contribution in [3.05, 3.63) is 71.9 Å². The van der Waals surface area contributed by atoms with Crippen LogP contribution in [-0.4, -0.2) is 177 Å². The van der Waals surface area contributed by atoms with E-state index in [1.54, 1.807) is 50.4 Å². The molecule has 9 atom stereocenters. The normalized spacial score (nSPS) is 22.3. The molecular formula is C61H89N15O13. The number of nitrogens with zero attached hydrogens (tertiary/aromatic N) is 3. The number of carbonyl (C=O) groups excluding carboxylic acids is 11. The molecule has 0 radical (unpaired) electrons. The first kappa shape index (κ1) is 70.7. The number of rotatable bonds is 19. The third-order valence-corrected chi connectivity index (χ3v) is 15.6. The van der Waals surface area contributed by atoms with Crippen molar-refractivity contribution in [2.24, 2.45) is 28.1 Å². The van der Waals surface area contributed by atoms with E-state index in [4.69, 9.17) is 27.1 Å². The first-order valence-electron chi connectivity index (χ1n) is 30.5. The van der Waals surface area contributed by atoms with Crippen LogP contribution >= 0.6 is 0 Å². The molecule has 0 saturated carbocycles. The van der Waals surface area contributed by atoms with Crippen molar-refractivity contribution in [2.45, 2.75) is 185 Å². The molecule has 16 N–H and O–H groups in total. The summed E-state index contributed by atoms with van der Waals surface area (Å²) in [4.78, 5) is 175. The van der Waals surface area contributed by atoms with Crippen molar-refractivity contribution in [2.75, 3.05) is 26.2 Å². The first-order valence-corrected chi connectivity index (χ1v) is 30.5. The Balaban J connectivity index is 0.00000349. The fourth-order valence-corrected chi connectivity index (χ4v) is 11.1. The Bertz CT molecular complexity index is 3000. The van der Waals surface area contributed by atoms with Gasteiger partial charge in [-0.1, -0.05) is 82.1 Å². The molecule has 486 valence electrons. The molecule has 2 aromatic carbocycles. The molecule has 1 aromatic heterocycles. The summed E-state index contributed by atoms with van der Waals surface area (Å²) in [5.74, 6) is -9.08. The van der Waals surface area contributed by atoms with E-state index >= 15 is 4.79 Å². The van der Waals surface area contributed by atoms with E-state index in [0.29, 0.717) is 36.8 Å². The van der Waals surface area contributed by atoms with Crippen molar-refractivity contribution >= 4 is 87.8 Å². The molecule has 4 heterocycles. The Morgan fingerprint density at radius 3 is 2.06 bits per heavy atom. The number of aromatic amines is 1. The maximum atomic E-state index is 15.1. The van der Waals surface area contributed by atoms with Gasteiger partial charge in [-0.25, -0.2) is 0 Å². The minimum atomic E-state index is -1.51. The number of hydrogen-bond donors (Lipinski definition) is 13. The van der Waals surface area contributed by atoms with Crippen LogP contribution in [0.1, 0.15) is 129 Å². The number of nitrogens with one attached hydrogen (secondary N) is 9. The molecule has 11 amide bonds. The first-order chi connectivity index (χ1) is 42.4. The minimum absolute atomic E-state index is 0.00835. The lowest BCUT2D eigenvalue weighted by Gasteiger charge is -2.31. The zero-order valence-corrected chi connectivity index (χ0v) is 51.4. The van der Waals surface area contributed by atoms with E-state index in [-0.39, 0.29) is 102 Å². The summed E-state index contributed by atoms with van der Waals surface area (Å²) in [6, 6.07) is 4.86. The Hall–Kier alpha value is -9.11. The summed E-state index contributed by atoms with van der Waals surface area (Å²) in [7, 11) is 0. The quantitative estimate of drug-likeness (QED) is 0.0409. The van der Waals surface area contributed by atoms with Crippen LogP contribution in [0.4, 0.5) is 0 Å². The Labute approximate surface area is 517 Å². The van der Waals surface area contributed by atoms with Crippen LogP contribution in [-0.2, 0) is 70.4 Å². The molecule has 3 aliphatic rings. The molecule has 3 aliphatic heterocycles. The summed E-state index contributed by atoms with van der Waals surface area (Å²) < 4.78 is 0. The van der Waals surface area contributed by atoms with E-state index in [0.717, 1.165) is 17.8 Å². The van der Waals surface area contributed by atoms with E-state index in [2.05, 4.69) is 52.5 Å². The molecule has 3 aromatic rings. The number of nitrogens with two attached hydrogens (primary N) is 3. The fraction of sp³-hybridized carbons (Fsp3) is 0.557. The SMILES string of the molecule is CC(=O)O.CCCC[C@H](NC(C)=O)C(=O)N[C@@H]1CC(=O)NCCCC[C@@H](C(=O)N2CCC[C@H]2C(=O)N[C@H](C(N)=O)C(C)C)NC(=O)[C@H](Cc2c[nH]c3ccccc23)NC(=O)[C@@H](CCCN=C(N)N)NC(=O)[C@@H](Cc2ccccc2)NC(=O)[C@@H]2CCCN2C1=O. The van der Waals surface area contributed by atoms with Gasteiger partial charge in [0.2, 0.25) is 65.0 Å². The maximum Gasteiger partial charge on any atom is 0.300 e. The molecular weight excluding hydrogens is 1150 g/mol. The Morgan fingerprint density at radius 2 is 1.38 bits per heavy atom. The van der Waals surface area contributed by atoms with Crippen LogP contribution in [0.5, 0.6) is 0 Å². The number of amides is 11. The predicted octanol–water partition coefficient (Wildman–Crippen LogP) is -0.485. The molecule has 0 unspecified atom stereocenters. The number of H-pyrrole nitrogens is 1. The highest BCUT2D eigenvalue weighted by atomic mass is 16.4. The number of carboxylic acid groups (broad SMARTS) is 1. The van der Waals surface area contributed by atoms with Gasteiger partial charge in [-0.3, -0.25) is 62.5 Å². The smallest absolute Gasteiger partial charge is 0.300 e. The van der Waals surface area contributed by atoms with Gasteiger partial charge in [-0.05, 0) is 87.3 Å². The van der Waals surface area contributed by atoms with E-state index < -0.39 is 132 Å². The summed E-state index contributed by atoms with van der Waals surface area (Å²) in [6.07, 6.45) is 4.08. The molecule has 6 rings (SSSR count). The number of aliphatic imine (C=N–C) groups is 1. The highest BCUT2D eigenvalue weighted by Crippen LogP contribution is 2.24. The number of fused-ring (bicyclic) bond motifs is 2. The second kappa shape index (κ2) is 35.0. The van der Waals surface area contributed by atoms with E-state index in [1.807, 2.05) is 31.2 Å². The number of para-hydroxylation sites is 1. The van der Waals surface area contributed by atoms with Crippen LogP contribution < -0.4 is 59.7 Å². The zero-order valence-electron chi connectivity index (χ0n) is 51.4. The van der Waals surface area contributed by atoms with Crippen molar-refractivity contribution < 1.29 is 62.6 Å². The molecule has 0 bridgehead atoms. The largest absolute Gasteiger partial charge is 0.481 e. The van der Waals surface area contributed by atoms with Crippen LogP contribution in [0, 0.1) is 5.92 Å². The molecule has 3 fully saturated rings. The molecule has 0 spiro atoms. The van der Waals surface area contributed by atoms with Crippen molar-refractivity contribution in [1.82, 2.24) is 57.3 Å². The van der Waals surface area contributed by atoms with Crippen LogP contribution in [0.2, 0.25) is 0 Å². The number of carbonyl (C=O) groups is 12. The lowest BCUT2D eigenvalue weighted by molar-refractivity contribution is -0.143. The van der Waals surface area contributed by atoms with E-state index in [1.165, 1.54) is 16.7 Å². The molecule has 28 heteroatoms. The zero-order chi connectivity index (χ0) is 65.3. The summed E-state index contributed by atoms with van der Waals surface area (Å²) in [5, 5.41) is 30.4. The number of likely N-dealkylation sites (tertiary alicyclic amines) is 1. The van der Waals surface area contributed by atoms with Crippen LogP contribution in [0.15, 0.2) is 65.8 Å². The number of hydrogen-bond acceptors (Lipinski definition) is 13. The standard InChI is InChI=1S/C59H85N15O11.C2H4O2/c1-5-6-20-40(66-35(4)75)51(78)71-45-32-48(76)63-26-13-12-22-42(57(84)73-28-16-25-47(73)56(83)72-49(34(2)3)50(60)77)68-54(81)44(31-37-33-65-39-21-11-10-19-38(37)39)69-52(79)41(23-14-27-64-59(61)62)67-53(80)43(30-36-17-8-7-9-18-36)70-55(82)46-24-15-29-74(46)58(45)85;1-2(3)4/h7-11,17-19,21,33-34,40-47,49,65H,5-6,12-16,20,22-32H2,1-4H3,(H2,60,77)(H,63,76)(H,66,75)(H,67,80)(H,68,81)(H,69,79)(H,70,82)(H,71,78)(H,72,83)(H4,61,62,64);1H3,(H,3,4)/t40-,41+,42-,43+,44-,45+,46-,47-,49-;/m0./s1. The number of guanidine groups is 1. The van der Waals surface area contributed by atoms with Gasteiger partial charge in [0.25, 0.3) is 5.97 Å².